The summed E-state index contributed by atoms with van der Waals surface area (Å²) in [5.74, 6) is -1.21. The number of nitrogens with one attached hydrogen (secondary N) is 2. The number of carbonyl (C=O) groups is 3. The Hall–Kier alpha value is -1.59. The first-order chi connectivity index (χ1) is 7.08. The van der Waals surface area contributed by atoms with E-state index >= 15 is 0 Å². The molecule has 3 unspecified atom stereocenters. The molecule has 2 fully saturated rings. The normalized spacial score (nSPS) is 35.1. The molecule has 1 heterocycles. The van der Waals surface area contributed by atoms with E-state index in [1.807, 2.05) is 0 Å². The quantitative estimate of drug-likeness (QED) is 0.523. The molecule has 1 aliphatic heterocycles. The predicted octanol–water partition coefficient (Wildman–Crippen LogP) is -0.904. The number of rotatable bonds is 1. The molecule has 1 aliphatic carbocycles. The van der Waals surface area contributed by atoms with E-state index in [9.17, 15) is 14.4 Å². The van der Waals surface area contributed by atoms with Crippen molar-refractivity contribution >= 4 is 17.8 Å². The summed E-state index contributed by atoms with van der Waals surface area (Å²) in [6.07, 6.45) is 1.72. The highest BCUT2D eigenvalue weighted by atomic mass is 16.2. The van der Waals surface area contributed by atoms with Gasteiger partial charge in [0.05, 0.1) is 5.92 Å². The van der Waals surface area contributed by atoms with Crippen LogP contribution in [0.3, 0.4) is 0 Å². The first kappa shape index (κ1) is 9.95. The van der Waals surface area contributed by atoms with Crippen LogP contribution in [0.1, 0.15) is 19.3 Å². The van der Waals surface area contributed by atoms with Gasteiger partial charge in [0, 0.05) is 12.0 Å². The van der Waals surface area contributed by atoms with Gasteiger partial charge in [-0.1, -0.05) is 0 Å². The highest BCUT2D eigenvalue weighted by Gasteiger charge is 2.41. The Morgan fingerprint density at radius 1 is 1.33 bits per heavy atom. The summed E-state index contributed by atoms with van der Waals surface area (Å²) >= 11 is 0. The SMILES string of the molecule is NC(=O)C1CCC2NC(=O)NC(=O)C2C1. The summed E-state index contributed by atoms with van der Waals surface area (Å²) in [5, 5.41) is 4.88. The monoisotopic (exact) mass is 211 g/mol. The molecule has 6 heteroatoms. The Morgan fingerprint density at radius 2 is 2.07 bits per heavy atom. The van der Waals surface area contributed by atoms with Crippen LogP contribution in [0.15, 0.2) is 0 Å². The third-order valence-electron chi connectivity index (χ3n) is 3.14. The molecule has 0 spiro atoms. The lowest BCUT2D eigenvalue weighted by Gasteiger charge is -2.37. The van der Waals surface area contributed by atoms with Gasteiger partial charge < -0.3 is 11.1 Å². The summed E-state index contributed by atoms with van der Waals surface area (Å²) in [7, 11) is 0. The maximum absolute atomic E-state index is 11.5. The van der Waals surface area contributed by atoms with Crippen molar-refractivity contribution in [2.24, 2.45) is 17.6 Å². The summed E-state index contributed by atoms with van der Waals surface area (Å²) in [6, 6.07) is -0.583. The van der Waals surface area contributed by atoms with E-state index in [1.54, 1.807) is 0 Å². The van der Waals surface area contributed by atoms with Gasteiger partial charge in [-0.3, -0.25) is 14.9 Å². The van der Waals surface area contributed by atoms with Gasteiger partial charge in [-0.05, 0) is 19.3 Å². The number of primary amides is 1. The van der Waals surface area contributed by atoms with Crippen molar-refractivity contribution in [2.75, 3.05) is 0 Å². The van der Waals surface area contributed by atoms with Gasteiger partial charge in [-0.2, -0.15) is 0 Å². The van der Waals surface area contributed by atoms with Crippen molar-refractivity contribution in [2.45, 2.75) is 25.3 Å². The highest BCUT2D eigenvalue weighted by Crippen LogP contribution is 2.30. The summed E-state index contributed by atoms with van der Waals surface area (Å²) in [4.78, 5) is 33.5. The average molecular weight is 211 g/mol. The first-order valence-corrected chi connectivity index (χ1v) is 4.98. The first-order valence-electron chi connectivity index (χ1n) is 4.98. The molecule has 15 heavy (non-hydrogen) atoms. The average Bonchev–Trinajstić information content (AvgIpc) is 2.16. The molecule has 2 rings (SSSR count). The zero-order valence-electron chi connectivity index (χ0n) is 8.16. The van der Waals surface area contributed by atoms with Crippen molar-refractivity contribution < 1.29 is 14.4 Å². The molecule has 4 amide bonds. The molecule has 0 aromatic carbocycles. The minimum absolute atomic E-state index is 0.137. The van der Waals surface area contributed by atoms with Gasteiger partial charge in [0.1, 0.15) is 0 Å². The number of hydrogen-bond acceptors (Lipinski definition) is 3. The summed E-state index contributed by atoms with van der Waals surface area (Å²) < 4.78 is 0. The predicted molar refractivity (Wildman–Crippen MR) is 50.5 cm³/mol. The second-order valence-corrected chi connectivity index (χ2v) is 4.09. The van der Waals surface area contributed by atoms with Gasteiger partial charge in [-0.25, -0.2) is 4.79 Å². The van der Waals surface area contributed by atoms with E-state index in [4.69, 9.17) is 5.73 Å². The van der Waals surface area contributed by atoms with Gasteiger partial charge in [0.25, 0.3) is 0 Å². The lowest BCUT2D eigenvalue weighted by atomic mass is 9.76. The molecule has 4 N–H and O–H groups in total. The topological polar surface area (TPSA) is 101 Å². The maximum atomic E-state index is 11.5. The Labute approximate surface area is 86.6 Å². The number of nitrogens with two attached hydrogens (primary N) is 1. The molecule has 0 bridgehead atoms. The molecular formula is C9H13N3O3. The second kappa shape index (κ2) is 3.52. The van der Waals surface area contributed by atoms with E-state index < -0.39 is 6.03 Å². The van der Waals surface area contributed by atoms with Crippen LogP contribution in [0.5, 0.6) is 0 Å². The zero-order valence-corrected chi connectivity index (χ0v) is 8.16. The van der Waals surface area contributed by atoms with E-state index in [-0.39, 0.29) is 29.7 Å². The molecule has 1 saturated heterocycles. The molecule has 1 saturated carbocycles. The van der Waals surface area contributed by atoms with E-state index in [2.05, 4.69) is 10.6 Å². The molecular weight excluding hydrogens is 198 g/mol. The highest BCUT2D eigenvalue weighted by molar-refractivity contribution is 5.98. The van der Waals surface area contributed by atoms with Crippen LogP contribution in [0.2, 0.25) is 0 Å². The van der Waals surface area contributed by atoms with Crippen molar-refractivity contribution in [3.8, 4) is 0 Å². The summed E-state index contributed by atoms with van der Waals surface area (Å²) in [6.45, 7) is 0. The van der Waals surface area contributed by atoms with Gasteiger partial charge in [0.15, 0.2) is 0 Å². The van der Waals surface area contributed by atoms with Crippen LogP contribution in [-0.4, -0.2) is 23.9 Å². The van der Waals surface area contributed by atoms with Crippen molar-refractivity contribution in [1.29, 1.82) is 0 Å². The van der Waals surface area contributed by atoms with Crippen LogP contribution in [0.25, 0.3) is 0 Å². The summed E-state index contributed by atoms with van der Waals surface area (Å²) in [5.41, 5.74) is 5.20. The number of hydrogen-bond donors (Lipinski definition) is 3. The van der Waals surface area contributed by atoms with Gasteiger partial charge in [0.2, 0.25) is 11.8 Å². The second-order valence-electron chi connectivity index (χ2n) is 4.09. The Bertz CT molecular complexity index is 329. The fourth-order valence-electron chi connectivity index (χ4n) is 2.30. The molecule has 82 valence electrons. The number of amides is 4. The van der Waals surface area contributed by atoms with Crippen LogP contribution < -0.4 is 16.4 Å². The smallest absolute Gasteiger partial charge is 0.321 e. The van der Waals surface area contributed by atoms with E-state index in [0.717, 1.165) is 0 Å². The van der Waals surface area contributed by atoms with Crippen molar-refractivity contribution in [1.82, 2.24) is 10.6 Å². The number of imide groups is 1. The van der Waals surface area contributed by atoms with Crippen molar-refractivity contribution in [3.63, 3.8) is 0 Å². The van der Waals surface area contributed by atoms with Crippen LogP contribution in [-0.2, 0) is 9.59 Å². The largest absolute Gasteiger partial charge is 0.369 e. The minimum Gasteiger partial charge on any atom is -0.369 e. The Balaban J connectivity index is 2.09. The molecule has 2 aliphatic rings. The fraction of sp³-hybridized carbons (Fsp3) is 0.667. The third-order valence-corrected chi connectivity index (χ3v) is 3.14. The van der Waals surface area contributed by atoms with E-state index in [0.29, 0.717) is 19.3 Å². The molecule has 0 radical (unpaired) electrons. The van der Waals surface area contributed by atoms with E-state index in [1.165, 1.54) is 0 Å². The van der Waals surface area contributed by atoms with Crippen LogP contribution >= 0.6 is 0 Å². The number of urea groups is 1. The lowest BCUT2D eigenvalue weighted by Crippen LogP contribution is -2.60. The van der Waals surface area contributed by atoms with Crippen LogP contribution in [0.4, 0.5) is 4.79 Å². The third kappa shape index (κ3) is 1.79. The van der Waals surface area contributed by atoms with Crippen molar-refractivity contribution in [3.05, 3.63) is 0 Å². The number of fused-ring (bicyclic) bond motifs is 1. The zero-order chi connectivity index (χ0) is 11.0. The minimum atomic E-state index is -0.446. The fourth-order valence-corrected chi connectivity index (χ4v) is 2.30. The molecule has 0 aromatic heterocycles. The van der Waals surface area contributed by atoms with Gasteiger partial charge >= 0.3 is 6.03 Å². The molecule has 6 nitrogen and oxygen atoms in total. The Kier molecular flexibility index (Phi) is 2.34. The van der Waals surface area contributed by atoms with Gasteiger partial charge in [-0.15, -0.1) is 0 Å². The molecule has 0 aromatic rings. The molecule has 3 atom stereocenters. The maximum Gasteiger partial charge on any atom is 0.321 e. The van der Waals surface area contributed by atoms with Crippen LogP contribution in [0, 0.1) is 11.8 Å². The lowest BCUT2D eigenvalue weighted by molar-refractivity contribution is -0.129. The Morgan fingerprint density at radius 3 is 2.73 bits per heavy atom. The number of carbonyl (C=O) groups excluding carboxylic acids is 3. The standard InChI is InChI=1S/C9H13N3O3/c10-7(13)4-1-2-6-5(3-4)8(14)12-9(15)11-6/h4-6H,1-3H2,(H2,10,13)(H2,11,12,14,15).